The highest BCUT2D eigenvalue weighted by Gasteiger charge is 2.38. The summed E-state index contributed by atoms with van der Waals surface area (Å²) < 4.78 is 27.7. The highest BCUT2D eigenvalue weighted by Crippen LogP contribution is 2.35. The molecule has 2 aliphatic carbocycles. The Morgan fingerprint density at radius 2 is 1.69 bits per heavy atom. The Bertz CT molecular complexity index is 913. The van der Waals surface area contributed by atoms with Crippen LogP contribution in [0.3, 0.4) is 0 Å². The molecule has 1 heterocycles. The lowest BCUT2D eigenvalue weighted by molar-refractivity contribution is 0.0614. The van der Waals surface area contributed by atoms with Gasteiger partial charge < -0.3 is 4.90 Å². The standard InChI is InChI=1S/C22H28N2O3S2/c25-22(24(19-10-11-19)18-5-2-1-3-6-18)17-8-12-21(13-9-17)29(26,27)23-15-14-20-7-4-16-28-20/h4,7-9,12-13,16,18-19,23H,1-3,5-6,10-11,14-15H2. The number of amides is 1. The van der Waals surface area contributed by atoms with Gasteiger partial charge in [-0.1, -0.05) is 25.3 Å². The van der Waals surface area contributed by atoms with Crippen molar-refractivity contribution in [2.45, 2.75) is 68.3 Å². The molecule has 1 amide bonds. The van der Waals surface area contributed by atoms with Crippen molar-refractivity contribution in [3.63, 3.8) is 0 Å². The molecule has 2 saturated carbocycles. The maximum atomic E-state index is 13.2. The quantitative estimate of drug-likeness (QED) is 0.680. The monoisotopic (exact) mass is 432 g/mol. The lowest BCUT2D eigenvalue weighted by Crippen LogP contribution is -2.43. The van der Waals surface area contributed by atoms with Crippen LogP contribution in [0.4, 0.5) is 0 Å². The number of sulfonamides is 1. The van der Waals surface area contributed by atoms with E-state index in [1.165, 1.54) is 19.3 Å². The van der Waals surface area contributed by atoms with E-state index in [9.17, 15) is 13.2 Å². The fourth-order valence-electron chi connectivity index (χ4n) is 4.11. The molecule has 0 radical (unpaired) electrons. The first-order valence-corrected chi connectivity index (χ1v) is 12.9. The van der Waals surface area contributed by atoms with E-state index in [0.717, 1.165) is 30.6 Å². The summed E-state index contributed by atoms with van der Waals surface area (Å²) in [6, 6.07) is 11.1. The predicted octanol–water partition coefficient (Wildman–Crippen LogP) is 4.21. The second-order valence-electron chi connectivity index (χ2n) is 7.99. The molecule has 0 bridgehead atoms. The highest BCUT2D eigenvalue weighted by molar-refractivity contribution is 7.89. The second kappa shape index (κ2) is 8.98. The molecular weight excluding hydrogens is 404 g/mol. The van der Waals surface area contributed by atoms with Gasteiger partial charge in [0.25, 0.3) is 5.91 Å². The zero-order chi connectivity index (χ0) is 20.3. The molecule has 5 nitrogen and oxygen atoms in total. The van der Waals surface area contributed by atoms with E-state index in [-0.39, 0.29) is 10.8 Å². The molecule has 2 aromatic rings. The Hall–Kier alpha value is -1.70. The van der Waals surface area contributed by atoms with E-state index >= 15 is 0 Å². The number of benzene rings is 1. The summed E-state index contributed by atoms with van der Waals surface area (Å²) in [4.78, 5) is 16.6. The molecule has 29 heavy (non-hydrogen) atoms. The van der Waals surface area contributed by atoms with Crippen LogP contribution in [0.15, 0.2) is 46.7 Å². The Kier molecular flexibility index (Phi) is 6.37. The summed E-state index contributed by atoms with van der Waals surface area (Å²) in [5.41, 5.74) is 0.583. The van der Waals surface area contributed by atoms with Crippen LogP contribution in [0.2, 0.25) is 0 Å². The van der Waals surface area contributed by atoms with Crippen molar-refractivity contribution in [3.05, 3.63) is 52.2 Å². The van der Waals surface area contributed by atoms with E-state index in [1.807, 2.05) is 17.5 Å². The zero-order valence-electron chi connectivity index (χ0n) is 16.5. The second-order valence-corrected chi connectivity index (χ2v) is 10.8. The van der Waals surface area contributed by atoms with Crippen LogP contribution in [0.5, 0.6) is 0 Å². The molecular formula is C22H28N2O3S2. The van der Waals surface area contributed by atoms with Crippen molar-refractivity contribution < 1.29 is 13.2 Å². The minimum atomic E-state index is -3.57. The van der Waals surface area contributed by atoms with Gasteiger partial charge in [-0.05, 0) is 67.8 Å². The molecule has 0 spiro atoms. The number of carbonyl (C=O) groups excluding carboxylic acids is 1. The molecule has 1 N–H and O–H groups in total. The third kappa shape index (κ3) is 5.08. The van der Waals surface area contributed by atoms with E-state index in [2.05, 4.69) is 9.62 Å². The van der Waals surface area contributed by atoms with Gasteiger partial charge in [0.1, 0.15) is 0 Å². The van der Waals surface area contributed by atoms with Gasteiger partial charge in [-0.3, -0.25) is 4.79 Å². The molecule has 0 aliphatic heterocycles. The smallest absolute Gasteiger partial charge is 0.254 e. The van der Waals surface area contributed by atoms with Gasteiger partial charge in [-0.2, -0.15) is 0 Å². The number of hydrogen-bond donors (Lipinski definition) is 1. The minimum Gasteiger partial charge on any atom is -0.333 e. The van der Waals surface area contributed by atoms with Crippen molar-refractivity contribution in [3.8, 4) is 0 Å². The molecule has 1 aromatic carbocycles. The average molecular weight is 433 g/mol. The summed E-state index contributed by atoms with van der Waals surface area (Å²) in [6.45, 7) is 0.362. The van der Waals surface area contributed by atoms with E-state index < -0.39 is 10.0 Å². The first-order valence-electron chi connectivity index (χ1n) is 10.5. The highest BCUT2D eigenvalue weighted by atomic mass is 32.2. The Labute approximate surface area is 177 Å². The topological polar surface area (TPSA) is 66.5 Å². The van der Waals surface area contributed by atoms with Gasteiger partial charge in [0.05, 0.1) is 4.90 Å². The van der Waals surface area contributed by atoms with Crippen LogP contribution in [0, 0.1) is 0 Å². The van der Waals surface area contributed by atoms with Crippen molar-refractivity contribution in [1.82, 2.24) is 9.62 Å². The average Bonchev–Trinajstić information content (AvgIpc) is 3.43. The van der Waals surface area contributed by atoms with Crippen LogP contribution < -0.4 is 4.72 Å². The molecule has 7 heteroatoms. The summed E-state index contributed by atoms with van der Waals surface area (Å²) in [5.74, 6) is 0.0500. The molecule has 2 aliphatic rings. The zero-order valence-corrected chi connectivity index (χ0v) is 18.2. The molecule has 0 saturated heterocycles. The Morgan fingerprint density at radius 1 is 1.00 bits per heavy atom. The third-order valence-corrected chi connectivity index (χ3v) is 8.21. The largest absolute Gasteiger partial charge is 0.333 e. The maximum absolute atomic E-state index is 13.2. The van der Waals surface area contributed by atoms with Gasteiger partial charge in [0, 0.05) is 29.1 Å². The van der Waals surface area contributed by atoms with Gasteiger partial charge in [-0.25, -0.2) is 13.1 Å². The predicted molar refractivity (Wildman–Crippen MR) is 116 cm³/mol. The number of nitrogens with one attached hydrogen (secondary N) is 1. The lowest BCUT2D eigenvalue weighted by Gasteiger charge is -2.34. The fourth-order valence-corrected chi connectivity index (χ4v) is 5.86. The molecule has 2 fully saturated rings. The SMILES string of the molecule is O=C(c1ccc(S(=O)(=O)NCCc2cccs2)cc1)N(C1CCCCC1)C1CC1. The molecule has 0 atom stereocenters. The fraction of sp³-hybridized carbons (Fsp3) is 0.500. The maximum Gasteiger partial charge on any atom is 0.254 e. The van der Waals surface area contributed by atoms with Gasteiger partial charge >= 0.3 is 0 Å². The summed E-state index contributed by atoms with van der Waals surface area (Å²) in [5, 5.41) is 1.98. The summed E-state index contributed by atoms with van der Waals surface area (Å²) >= 11 is 1.62. The number of hydrogen-bond acceptors (Lipinski definition) is 4. The van der Waals surface area contributed by atoms with Gasteiger partial charge in [0.2, 0.25) is 10.0 Å². The molecule has 0 unspecified atom stereocenters. The van der Waals surface area contributed by atoms with Crippen molar-refractivity contribution in [1.29, 1.82) is 0 Å². The molecule has 4 rings (SSSR count). The number of rotatable bonds is 8. The van der Waals surface area contributed by atoms with Crippen LogP contribution in [0.25, 0.3) is 0 Å². The number of carbonyl (C=O) groups is 1. The van der Waals surface area contributed by atoms with E-state index in [1.54, 1.807) is 35.6 Å². The molecule has 1 aromatic heterocycles. The van der Waals surface area contributed by atoms with Gasteiger partial charge in [0.15, 0.2) is 0 Å². The number of thiophene rings is 1. The van der Waals surface area contributed by atoms with Crippen molar-refractivity contribution >= 4 is 27.3 Å². The van der Waals surface area contributed by atoms with Crippen LogP contribution >= 0.6 is 11.3 Å². The summed E-state index contributed by atoms with van der Waals surface area (Å²) in [6.07, 6.45) is 8.66. The Morgan fingerprint density at radius 3 is 2.31 bits per heavy atom. The van der Waals surface area contributed by atoms with Gasteiger partial charge in [-0.15, -0.1) is 11.3 Å². The minimum absolute atomic E-state index is 0.0500. The van der Waals surface area contributed by atoms with Crippen molar-refractivity contribution in [2.24, 2.45) is 0 Å². The molecule has 156 valence electrons. The first kappa shape index (κ1) is 20.6. The summed E-state index contributed by atoms with van der Waals surface area (Å²) in [7, 11) is -3.57. The number of nitrogens with zero attached hydrogens (tertiary/aromatic N) is 1. The van der Waals surface area contributed by atoms with Crippen molar-refractivity contribution in [2.75, 3.05) is 6.54 Å². The lowest BCUT2D eigenvalue weighted by atomic mass is 9.93. The van der Waals surface area contributed by atoms with E-state index in [4.69, 9.17) is 0 Å². The van der Waals surface area contributed by atoms with Crippen LogP contribution in [0.1, 0.15) is 60.2 Å². The van der Waals surface area contributed by atoms with Crippen LogP contribution in [-0.2, 0) is 16.4 Å². The van der Waals surface area contributed by atoms with E-state index in [0.29, 0.717) is 30.6 Å². The first-order chi connectivity index (χ1) is 14.0. The third-order valence-electron chi connectivity index (χ3n) is 5.80. The Balaban J connectivity index is 1.41. The van der Waals surface area contributed by atoms with Crippen LogP contribution in [-0.4, -0.2) is 37.9 Å². The normalized spacial score (nSPS) is 17.9.